The SMILES string of the molecule is CCCP(=O)(Oc1ccccc1)Oc1ccccc1. The van der Waals surface area contributed by atoms with Gasteiger partial charge in [-0.1, -0.05) is 43.3 Å². The molecule has 0 amide bonds. The third kappa shape index (κ3) is 4.15. The van der Waals surface area contributed by atoms with Crippen molar-refractivity contribution >= 4 is 7.60 Å². The molecule has 3 nitrogen and oxygen atoms in total. The van der Waals surface area contributed by atoms with Crippen LogP contribution >= 0.6 is 7.60 Å². The Hall–Kier alpha value is -1.73. The van der Waals surface area contributed by atoms with E-state index in [0.29, 0.717) is 17.7 Å². The zero-order valence-corrected chi connectivity index (χ0v) is 11.8. The minimum absolute atomic E-state index is 0.386. The summed E-state index contributed by atoms with van der Waals surface area (Å²) < 4.78 is 23.9. The molecule has 2 rings (SSSR count). The lowest BCUT2D eigenvalue weighted by molar-refractivity contribution is 0.385. The Morgan fingerprint density at radius 3 is 1.63 bits per heavy atom. The van der Waals surface area contributed by atoms with Gasteiger partial charge in [0.25, 0.3) is 0 Å². The predicted octanol–water partition coefficient (Wildman–Crippen LogP) is 4.75. The van der Waals surface area contributed by atoms with Crippen LogP contribution < -0.4 is 9.05 Å². The van der Waals surface area contributed by atoms with Crippen LogP contribution in [0, 0.1) is 0 Å². The Morgan fingerprint density at radius 1 is 0.842 bits per heavy atom. The van der Waals surface area contributed by atoms with Crippen molar-refractivity contribution in [1.82, 2.24) is 0 Å². The molecule has 0 heterocycles. The first-order valence-electron chi connectivity index (χ1n) is 6.30. The van der Waals surface area contributed by atoms with Crippen molar-refractivity contribution in [2.45, 2.75) is 13.3 Å². The summed E-state index contributed by atoms with van der Waals surface area (Å²) in [5.74, 6) is 1.13. The molecule has 2 aromatic carbocycles. The molecule has 0 radical (unpaired) electrons. The maximum absolute atomic E-state index is 12.7. The number of hydrogen-bond donors (Lipinski definition) is 0. The molecule has 0 N–H and O–H groups in total. The van der Waals surface area contributed by atoms with Gasteiger partial charge in [-0.3, -0.25) is 0 Å². The third-order valence-electron chi connectivity index (χ3n) is 2.47. The van der Waals surface area contributed by atoms with E-state index in [4.69, 9.17) is 9.05 Å². The molecule has 0 unspecified atom stereocenters. The van der Waals surface area contributed by atoms with Gasteiger partial charge in [-0.2, -0.15) is 0 Å². The Morgan fingerprint density at radius 2 is 1.26 bits per heavy atom. The van der Waals surface area contributed by atoms with Crippen molar-refractivity contribution in [2.24, 2.45) is 0 Å². The molecule has 0 aliphatic carbocycles. The number of para-hydroxylation sites is 2. The lowest BCUT2D eigenvalue weighted by Gasteiger charge is -2.19. The Balaban J connectivity index is 2.16. The van der Waals surface area contributed by atoms with E-state index >= 15 is 0 Å². The van der Waals surface area contributed by atoms with Crippen LogP contribution in [0.25, 0.3) is 0 Å². The minimum atomic E-state index is -3.16. The van der Waals surface area contributed by atoms with Crippen LogP contribution in [0.15, 0.2) is 60.7 Å². The molecule has 19 heavy (non-hydrogen) atoms. The fourth-order valence-corrected chi connectivity index (χ4v) is 3.32. The van der Waals surface area contributed by atoms with Crippen LogP contribution in [0.3, 0.4) is 0 Å². The summed E-state index contributed by atoms with van der Waals surface area (Å²) in [6.07, 6.45) is 1.12. The van der Waals surface area contributed by atoms with Crippen molar-refractivity contribution < 1.29 is 13.6 Å². The van der Waals surface area contributed by atoms with Gasteiger partial charge in [0.05, 0.1) is 6.16 Å². The van der Waals surface area contributed by atoms with Crippen molar-refractivity contribution in [3.05, 3.63) is 60.7 Å². The highest BCUT2D eigenvalue weighted by atomic mass is 31.2. The molecule has 4 heteroatoms. The molecular formula is C15H17O3P. The summed E-state index contributed by atoms with van der Waals surface area (Å²) in [4.78, 5) is 0. The standard InChI is InChI=1S/C15H17O3P/c1-2-13-19(16,17-14-9-5-3-6-10-14)18-15-11-7-4-8-12-15/h3-12H,2,13H2,1H3. The van der Waals surface area contributed by atoms with Crippen LogP contribution in [-0.4, -0.2) is 6.16 Å². The molecule has 0 atom stereocenters. The second-order valence-electron chi connectivity index (χ2n) is 4.14. The topological polar surface area (TPSA) is 35.5 Å². The van der Waals surface area contributed by atoms with Gasteiger partial charge in [-0.15, -0.1) is 0 Å². The molecule has 0 aliphatic rings. The predicted molar refractivity (Wildman–Crippen MR) is 76.9 cm³/mol. The third-order valence-corrected chi connectivity index (χ3v) is 4.45. The first kappa shape index (κ1) is 13.7. The average Bonchev–Trinajstić information content (AvgIpc) is 2.41. The molecule has 0 aliphatic heterocycles. The van der Waals surface area contributed by atoms with E-state index in [1.807, 2.05) is 43.3 Å². The smallest absolute Gasteiger partial charge is 0.416 e. The van der Waals surface area contributed by atoms with Gasteiger partial charge in [0.15, 0.2) is 0 Å². The van der Waals surface area contributed by atoms with Crippen molar-refractivity contribution in [2.75, 3.05) is 6.16 Å². The molecule has 0 spiro atoms. The average molecular weight is 276 g/mol. The molecule has 0 fully saturated rings. The summed E-state index contributed by atoms with van der Waals surface area (Å²) in [5.41, 5.74) is 0. The van der Waals surface area contributed by atoms with Gasteiger partial charge < -0.3 is 9.05 Å². The Labute approximate surface area is 113 Å². The van der Waals surface area contributed by atoms with Crippen molar-refractivity contribution in [3.63, 3.8) is 0 Å². The van der Waals surface area contributed by atoms with Gasteiger partial charge in [0, 0.05) is 0 Å². The van der Waals surface area contributed by atoms with Crippen molar-refractivity contribution in [3.8, 4) is 11.5 Å². The van der Waals surface area contributed by atoms with Gasteiger partial charge in [0.2, 0.25) is 0 Å². The van der Waals surface area contributed by atoms with Gasteiger partial charge >= 0.3 is 7.60 Å². The summed E-state index contributed by atoms with van der Waals surface area (Å²) in [6.45, 7) is 1.95. The van der Waals surface area contributed by atoms with E-state index in [1.54, 1.807) is 24.3 Å². The second-order valence-corrected chi connectivity index (χ2v) is 6.18. The first-order valence-corrected chi connectivity index (χ1v) is 8.03. The fourth-order valence-electron chi connectivity index (χ4n) is 1.67. The van der Waals surface area contributed by atoms with E-state index in [2.05, 4.69) is 0 Å². The first-order chi connectivity index (χ1) is 9.22. The normalized spacial score (nSPS) is 11.0. The second kappa shape index (κ2) is 6.44. The van der Waals surface area contributed by atoms with E-state index in [-0.39, 0.29) is 0 Å². The van der Waals surface area contributed by atoms with Crippen LogP contribution in [0.5, 0.6) is 11.5 Å². The molecule has 2 aromatic rings. The number of rotatable bonds is 6. The number of benzene rings is 2. The zero-order chi connectivity index (χ0) is 13.6. The summed E-state index contributed by atoms with van der Waals surface area (Å²) >= 11 is 0. The highest BCUT2D eigenvalue weighted by molar-refractivity contribution is 7.54. The monoisotopic (exact) mass is 276 g/mol. The van der Waals surface area contributed by atoms with Crippen LogP contribution in [-0.2, 0) is 4.57 Å². The van der Waals surface area contributed by atoms with Gasteiger partial charge in [0.1, 0.15) is 11.5 Å². The van der Waals surface area contributed by atoms with Gasteiger partial charge in [-0.05, 0) is 30.7 Å². The molecular weight excluding hydrogens is 259 g/mol. The highest BCUT2D eigenvalue weighted by Gasteiger charge is 2.26. The van der Waals surface area contributed by atoms with E-state index in [1.165, 1.54) is 0 Å². The molecule has 0 saturated carbocycles. The van der Waals surface area contributed by atoms with Crippen LogP contribution in [0.4, 0.5) is 0 Å². The largest absolute Gasteiger partial charge is 0.430 e. The van der Waals surface area contributed by atoms with E-state index in [0.717, 1.165) is 6.42 Å². The lowest BCUT2D eigenvalue weighted by Crippen LogP contribution is -2.04. The molecule has 0 aromatic heterocycles. The maximum Gasteiger partial charge on any atom is 0.430 e. The summed E-state index contributed by atoms with van der Waals surface area (Å²) in [6, 6.07) is 18.2. The van der Waals surface area contributed by atoms with Crippen LogP contribution in [0.1, 0.15) is 13.3 Å². The van der Waals surface area contributed by atoms with E-state index < -0.39 is 7.60 Å². The van der Waals surface area contributed by atoms with Crippen LogP contribution in [0.2, 0.25) is 0 Å². The minimum Gasteiger partial charge on any atom is -0.416 e. The van der Waals surface area contributed by atoms with E-state index in [9.17, 15) is 4.57 Å². The lowest BCUT2D eigenvalue weighted by atomic mass is 10.3. The number of hydrogen-bond acceptors (Lipinski definition) is 3. The maximum atomic E-state index is 12.7. The molecule has 0 saturated heterocycles. The summed E-state index contributed by atoms with van der Waals surface area (Å²) in [7, 11) is -3.16. The highest BCUT2D eigenvalue weighted by Crippen LogP contribution is 2.48. The quantitative estimate of drug-likeness (QED) is 0.714. The molecule has 0 bridgehead atoms. The Bertz CT molecular complexity index is 494. The van der Waals surface area contributed by atoms with Crippen molar-refractivity contribution in [1.29, 1.82) is 0 Å². The molecule has 100 valence electrons. The van der Waals surface area contributed by atoms with Gasteiger partial charge in [-0.25, -0.2) is 4.57 Å². The zero-order valence-electron chi connectivity index (χ0n) is 10.9. The summed E-state index contributed by atoms with van der Waals surface area (Å²) in [5, 5.41) is 0. The fraction of sp³-hybridized carbons (Fsp3) is 0.200. The Kier molecular flexibility index (Phi) is 4.64.